The van der Waals surface area contributed by atoms with Crippen LogP contribution in [0, 0.1) is 0 Å². The van der Waals surface area contributed by atoms with Gasteiger partial charge in [-0.2, -0.15) is 0 Å². The fourth-order valence-corrected chi connectivity index (χ4v) is 5.16. The van der Waals surface area contributed by atoms with E-state index in [2.05, 4.69) is 4.99 Å². The lowest BCUT2D eigenvalue weighted by atomic mass is 10.1. The summed E-state index contributed by atoms with van der Waals surface area (Å²) < 4.78 is 16.5. The quantitative estimate of drug-likeness (QED) is 0.256. The van der Waals surface area contributed by atoms with Crippen molar-refractivity contribution in [2.75, 3.05) is 13.7 Å². The molecule has 0 fully saturated rings. The molecule has 4 rings (SSSR count). The van der Waals surface area contributed by atoms with Gasteiger partial charge < -0.3 is 19.3 Å². The van der Waals surface area contributed by atoms with Gasteiger partial charge in [0.2, 0.25) is 0 Å². The standard InChI is InChI=1S/C29H22Cl3NO6S/c1-3-38-29(36)25-26(34)24(40-28(25)33-27(35)18-6-4-5-7-19(18)30)14-16-9-11-22(23(13-16)37-2)39-15-17-8-10-20(31)21(32)12-17/h4-14,34H,3,15H2,1-2H3/b24-14-,33-28?. The molecule has 0 radical (unpaired) electrons. The molecule has 0 bridgehead atoms. The minimum atomic E-state index is -0.801. The number of halogens is 3. The summed E-state index contributed by atoms with van der Waals surface area (Å²) in [4.78, 5) is 29.9. The molecule has 0 saturated heterocycles. The lowest BCUT2D eigenvalue weighted by Crippen LogP contribution is -2.14. The number of aliphatic hydroxyl groups excluding tert-OH is 1. The third-order valence-corrected chi connectivity index (χ3v) is 7.63. The predicted octanol–water partition coefficient (Wildman–Crippen LogP) is 7.94. The van der Waals surface area contributed by atoms with E-state index in [9.17, 15) is 14.7 Å². The van der Waals surface area contributed by atoms with Gasteiger partial charge in [-0.15, -0.1) is 0 Å². The first-order valence-electron chi connectivity index (χ1n) is 11.8. The minimum Gasteiger partial charge on any atom is -0.506 e. The van der Waals surface area contributed by atoms with E-state index in [0.29, 0.717) is 32.0 Å². The number of carbonyl (C=O) groups excluding carboxylic acids is 2. The third kappa shape index (κ3) is 6.82. The predicted molar refractivity (Wildman–Crippen MR) is 159 cm³/mol. The zero-order chi connectivity index (χ0) is 28.8. The summed E-state index contributed by atoms with van der Waals surface area (Å²) >= 11 is 19.2. The van der Waals surface area contributed by atoms with Crippen LogP contribution < -0.4 is 9.47 Å². The topological polar surface area (TPSA) is 94.4 Å². The Bertz CT molecular complexity index is 1570. The van der Waals surface area contributed by atoms with Crippen LogP contribution in [0.4, 0.5) is 0 Å². The highest BCUT2D eigenvalue weighted by Gasteiger charge is 2.34. The van der Waals surface area contributed by atoms with E-state index in [1.807, 2.05) is 6.07 Å². The highest BCUT2D eigenvalue weighted by molar-refractivity contribution is 8.18. The SMILES string of the molecule is CCOC(=O)C1=C(O)/C(=C/c2ccc(OCc3ccc(Cl)c(Cl)c3)c(OC)c2)SC1=NC(=O)c1ccccc1Cl. The minimum absolute atomic E-state index is 0.000614. The number of benzene rings is 3. The molecule has 1 N–H and O–H groups in total. The van der Waals surface area contributed by atoms with Crippen molar-refractivity contribution in [1.82, 2.24) is 0 Å². The van der Waals surface area contributed by atoms with Crippen LogP contribution in [0.5, 0.6) is 11.5 Å². The average molecular weight is 619 g/mol. The first-order chi connectivity index (χ1) is 19.2. The number of amides is 1. The summed E-state index contributed by atoms with van der Waals surface area (Å²) in [5, 5.41) is 12.0. The molecule has 0 aromatic heterocycles. The fourth-order valence-electron chi connectivity index (χ4n) is 3.61. The van der Waals surface area contributed by atoms with Gasteiger partial charge in [-0.3, -0.25) is 4.79 Å². The third-order valence-electron chi connectivity index (χ3n) is 5.54. The molecule has 40 heavy (non-hydrogen) atoms. The second kappa shape index (κ2) is 13.3. The van der Waals surface area contributed by atoms with Crippen molar-refractivity contribution in [3.63, 3.8) is 0 Å². The number of hydrogen-bond donors (Lipinski definition) is 1. The van der Waals surface area contributed by atoms with Crippen molar-refractivity contribution in [3.05, 3.63) is 109 Å². The largest absolute Gasteiger partial charge is 0.506 e. The lowest BCUT2D eigenvalue weighted by molar-refractivity contribution is -0.138. The molecular weight excluding hydrogens is 597 g/mol. The zero-order valence-corrected chi connectivity index (χ0v) is 24.3. The van der Waals surface area contributed by atoms with Crippen LogP contribution >= 0.6 is 46.6 Å². The Hall–Kier alpha value is -3.43. The van der Waals surface area contributed by atoms with Crippen molar-refractivity contribution in [2.45, 2.75) is 13.5 Å². The van der Waals surface area contributed by atoms with E-state index in [1.54, 1.807) is 61.5 Å². The van der Waals surface area contributed by atoms with Crippen molar-refractivity contribution < 1.29 is 28.9 Å². The number of esters is 1. The van der Waals surface area contributed by atoms with Gasteiger partial charge in [0, 0.05) is 0 Å². The van der Waals surface area contributed by atoms with Gasteiger partial charge in [0.05, 0.1) is 39.3 Å². The van der Waals surface area contributed by atoms with Gasteiger partial charge in [0.1, 0.15) is 23.0 Å². The Labute approximate surface area is 250 Å². The van der Waals surface area contributed by atoms with E-state index in [0.717, 1.165) is 17.3 Å². The number of methoxy groups -OCH3 is 1. The number of thioether (sulfide) groups is 1. The summed E-state index contributed by atoms with van der Waals surface area (Å²) in [6.07, 6.45) is 1.63. The number of rotatable bonds is 8. The highest BCUT2D eigenvalue weighted by atomic mass is 35.5. The zero-order valence-electron chi connectivity index (χ0n) is 21.2. The molecule has 1 heterocycles. The van der Waals surface area contributed by atoms with Gasteiger partial charge in [-0.1, -0.05) is 70.8 Å². The number of nitrogens with zero attached hydrogens (tertiary/aromatic N) is 1. The maximum atomic E-state index is 12.8. The first kappa shape index (κ1) is 29.6. The molecule has 11 heteroatoms. The van der Waals surface area contributed by atoms with Gasteiger partial charge in [-0.05, 0) is 60.5 Å². The van der Waals surface area contributed by atoms with Crippen molar-refractivity contribution >= 4 is 69.6 Å². The Morgan fingerprint density at radius 2 is 1.75 bits per heavy atom. The van der Waals surface area contributed by atoms with Gasteiger partial charge >= 0.3 is 5.97 Å². The van der Waals surface area contributed by atoms with E-state index in [1.165, 1.54) is 13.2 Å². The molecule has 0 spiro atoms. The Balaban J connectivity index is 1.62. The summed E-state index contributed by atoms with van der Waals surface area (Å²) in [6.45, 7) is 1.94. The molecule has 3 aromatic carbocycles. The van der Waals surface area contributed by atoms with E-state index < -0.39 is 11.9 Å². The van der Waals surface area contributed by atoms with Gasteiger partial charge in [0.25, 0.3) is 5.91 Å². The fraction of sp³-hybridized carbons (Fsp3) is 0.138. The van der Waals surface area contributed by atoms with Crippen LogP contribution in [0.15, 0.2) is 81.9 Å². The number of aliphatic imine (C=N–C) groups is 1. The smallest absolute Gasteiger partial charge is 0.344 e. The molecule has 206 valence electrons. The van der Waals surface area contributed by atoms with Gasteiger partial charge in [-0.25, -0.2) is 9.79 Å². The van der Waals surface area contributed by atoms with Crippen LogP contribution in [0.1, 0.15) is 28.4 Å². The molecule has 1 aliphatic rings. The molecular formula is C29H22Cl3NO6S. The summed E-state index contributed by atoms with van der Waals surface area (Å²) in [6, 6.07) is 16.8. The normalized spacial score (nSPS) is 15.0. The van der Waals surface area contributed by atoms with Crippen LogP contribution in [-0.4, -0.2) is 35.7 Å². The summed E-state index contributed by atoms with van der Waals surface area (Å²) in [5.74, 6) is -0.893. The maximum absolute atomic E-state index is 12.8. The molecule has 1 amide bonds. The molecule has 3 aromatic rings. The number of carbonyl (C=O) groups is 2. The van der Waals surface area contributed by atoms with Crippen LogP contribution in [0.2, 0.25) is 15.1 Å². The van der Waals surface area contributed by atoms with Crippen molar-refractivity contribution in [3.8, 4) is 11.5 Å². The van der Waals surface area contributed by atoms with E-state index >= 15 is 0 Å². The van der Waals surface area contributed by atoms with Crippen LogP contribution in [0.25, 0.3) is 6.08 Å². The Kier molecular flexibility index (Phi) is 9.81. The molecule has 1 aliphatic heterocycles. The van der Waals surface area contributed by atoms with Crippen LogP contribution in [-0.2, 0) is 16.1 Å². The first-order valence-corrected chi connectivity index (χ1v) is 13.8. The number of ether oxygens (including phenoxy) is 3. The second-order valence-electron chi connectivity index (χ2n) is 8.20. The molecule has 0 unspecified atom stereocenters. The Morgan fingerprint density at radius 1 is 0.975 bits per heavy atom. The summed E-state index contributed by atoms with van der Waals surface area (Å²) in [5.41, 5.74) is 1.42. The summed E-state index contributed by atoms with van der Waals surface area (Å²) in [7, 11) is 1.50. The van der Waals surface area contributed by atoms with Crippen molar-refractivity contribution in [1.29, 1.82) is 0 Å². The molecule has 0 aliphatic carbocycles. The van der Waals surface area contributed by atoms with Crippen LogP contribution in [0.3, 0.4) is 0 Å². The molecule has 0 atom stereocenters. The molecule has 0 saturated carbocycles. The number of aliphatic hydroxyl groups is 1. The highest BCUT2D eigenvalue weighted by Crippen LogP contribution is 2.40. The second-order valence-corrected chi connectivity index (χ2v) is 10.5. The monoisotopic (exact) mass is 617 g/mol. The van der Waals surface area contributed by atoms with E-state index in [-0.39, 0.29) is 40.2 Å². The number of hydrogen-bond acceptors (Lipinski definition) is 7. The average Bonchev–Trinajstić information content (AvgIpc) is 3.23. The van der Waals surface area contributed by atoms with Gasteiger partial charge in [0.15, 0.2) is 11.5 Å². The maximum Gasteiger partial charge on any atom is 0.344 e. The lowest BCUT2D eigenvalue weighted by Gasteiger charge is -2.12. The Morgan fingerprint density at radius 3 is 2.45 bits per heavy atom. The van der Waals surface area contributed by atoms with Crippen molar-refractivity contribution in [2.24, 2.45) is 4.99 Å². The van der Waals surface area contributed by atoms with E-state index in [4.69, 9.17) is 49.0 Å². The molecule has 7 nitrogen and oxygen atoms in total.